The fraction of sp³-hybridized carbons (Fsp3) is 0.500. The maximum absolute atomic E-state index is 12.5. The number of carbonyl (C=O) groups excluding carboxylic acids is 2. The Hall–Kier alpha value is -2.63. The highest BCUT2D eigenvalue weighted by atomic mass is 16.4. The van der Waals surface area contributed by atoms with Crippen LogP contribution in [0.15, 0.2) is 36.4 Å². The van der Waals surface area contributed by atoms with Crippen LogP contribution in [0, 0.1) is 11.3 Å². The van der Waals surface area contributed by atoms with Gasteiger partial charge in [0, 0.05) is 31.6 Å². The van der Waals surface area contributed by atoms with E-state index in [0.717, 1.165) is 31.2 Å². The first kappa shape index (κ1) is 18.7. The second-order valence-electron chi connectivity index (χ2n) is 8.37. The molecule has 1 aromatic carbocycles. The summed E-state index contributed by atoms with van der Waals surface area (Å²) in [5, 5.41) is 9.60. The van der Waals surface area contributed by atoms with E-state index in [2.05, 4.69) is 0 Å². The van der Waals surface area contributed by atoms with E-state index >= 15 is 0 Å². The summed E-state index contributed by atoms with van der Waals surface area (Å²) in [5.41, 5.74) is 0.812. The van der Waals surface area contributed by atoms with Gasteiger partial charge in [-0.05, 0) is 49.2 Å². The minimum atomic E-state index is -0.907. The van der Waals surface area contributed by atoms with Crippen molar-refractivity contribution >= 4 is 23.9 Å². The normalized spacial score (nSPS) is 24.1. The Morgan fingerprint density at radius 1 is 1.07 bits per heavy atom. The van der Waals surface area contributed by atoms with Gasteiger partial charge in [-0.25, -0.2) is 4.79 Å². The van der Waals surface area contributed by atoms with E-state index in [0.29, 0.717) is 26.1 Å². The number of carbonyl (C=O) groups is 3. The Bertz CT molecular complexity index is 792. The summed E-state index contributed by atoms with van der Waals surface area (Å²) >= 11 is 0. The summed E-state index contributed by atoms with van der Waals surface area (Å²) < 4.78 is 0. The number of carboxylic acid groups (broad SMARTS) is 1. The van der Waals surface area contributed by atoms with Gasteiger partial charge in [0.25, 0.3) is 0 Å². The average molecular weight is 382 g/mol. The predicted molar refractivity (Wildman–Crippen MR) is 104 cm³/mol. The van der Waals surface area contributed by atoms with E-state index in [1.54, 1.807) is 11.0 Å². The molecule has 1 saturated carbocycles. The van der Waals surface area contributed by atoms with E-state index in [4.69, 9.17) is 0 Å². The quantitative estimate of drug-likeness (QED) is 0.811. The molecule has 6 heteroatoms. The van der Waals surface area contributed by atoms with Gasteiger partial charge in [0.15, 0.2) is 0 Å². The van der Waals surface area contributed by atoms with Crippen LogP contribution in [0.4, 0.5) is 0 Å². The smallest absolute Gasteiger partial charge is 0.326 e. The molecule has 3 aliphatic rings. The second-order valence-corrected chi connectivity index (χ2v) is 8.37. The fourth-order valence-corrected chi connectivity index (χ4v) is 4.47. The number of nitrogens with zero attached hydrogens (tertiary/aromatic N) is 2. The fourth-order valence-electron chi connectivity index (χ4n) is 4.47. The molecule has 0 aromatic heterocycles. The first-order chi connectivity index (χ1) is 13.5. The SMILES string of the molecule is O=C(O)C1CC2(CCN(C(=O)C=Cc3ccccc3)CC2)CN1C(=O)C1CC1. The standard InChI is InChI=1S/C22H26N2O4/c25-19(9-6-16-4-2-1-3-5-16)23-12-10-22(11-13-23)14-18(21(27)28)24(15-22)20(26)17-7-8-17/h1-6,9,17-18H,7-8,10-15H2,(H,27,28). The van der Waals surface area contributed by atoms with Gasteiger partial charge in [-0.1, -0.05) is 30.3 Å². The number of hydrogen-bond acceptors (Lipinski definition) is 3. The topological polar surface area (TPSA) is 77.9 Å². The molecule has 4 rings (SSSR count). The van der Waals surface area contributed by atoms with E-state index in [1.807, 2.05) is 41.3 Å². The highest BCUT2D eigenvalue weighted by Crippen LogP contribution is 2.45. The van der Waals surface area contributed by atoms with Crippen LogP contribution in [0.2, 0.25) is 0 Å². The third-order valence-corrected chi connectivity index (χ3v) is 6.36. The van der Waals surface area contributed by atoms with Crippen molar-refractivity contribution in [2.75, 3.05) is 19.6 Å². The molecule has 28 heavy (non-hydrogen) atoms. The number of amides is 2. The van der Waals surface area contributed by atoms with Crippen LogP contribution in [-0.2, 0) is 14.4 Å². The molecule has 0 bridgehead atoms. The zero-order valence-electron chi connectivity index (χ0n) is 15.9. The van der Waals surface area contributed by atoms with Crippen LogP contribution < -0.4 is 0 Å². The third-order valence-electron chi connectivity index (χ3n) is 6.36. The monoisotopic (exact) mass is 382 g/mol. The molecule has 1 N–H and O–H groups in total. The lowest BCUT2D eigenvalue weighted by atomic mass is 9.76. The van der Waals surface area contributed by atoms with Gasteiger partial charge in [0.05, 0.1) is 0 Å². The lowest BCUT2D eigenvalue weighted by Crippen LogP contribution is -2.44. The first-order valence-corrected chi connectivity index (χ1v) is 10.0. The maximum Gasteiger partial charge on any atom is 0.326 e. The van der Waals surface area contributed by atoms with Crippen molar-refractivity contribution in [3.63, 3.8) is 0 Å². The molecule has 1 aromatic rings. The van der Waals surface area contributed by atoms with Crippen molar-refractivity contribution in [2.45, 2.75) is 38.1 Å². The van der Waals surface area contributed by atoms with Crippen LogP contribution in [0.5, 0.6) is 0 Å². The molecule has 1 atom stereocenters. The number of rotatable bonds is 4. The molecular weight excluding hydrogens is 356 g/mol. The Morgan fingerprint density at radius 3 is 2.36 bits per heavy atom. The Morgan fingerprint density at radius 2 is 1.75 bits per heavy atom. The van der Waals surface area contributed by atoms with Crippen LogP contribution in [0.25, 0.3) is 6.08 Å². The highest BCUT2D eigenvalue weighted by Gasteiger charge is 2.51. The molecule has 2 heterocycles. The summed E-state index contributed by atoms with van der Waals surface area (Å²) in [6, 6.07) is 8.99. The molecule has 0 radical (unpaired) electrons. The van der Waals surface area contributed by atoms with Crippen LogP contribution in [0.3, 0.4) is 0 Å². The van der Waals surface area contributed by atoms with Crippen LogP contribution in [0.1, 0.15) is 37.7 Å². The predicted octanol–water partition coefficient (Wildman–Crippen LogP) is 2.40. The molecule has 148 valence electrons. The first-order valence-electron chi connectivity index (χ1n) is 10.0. The minimum absolute atomic E-state index is 0.00794. The van der Waals surface area contributed by atoms with Crippen molar-refractivity contribution < 1.29 is 19.5 Å². The van der Waals surface area contributed by atoms with Crippen molar-refractivity contribution in [1.29, 1.82) is 0 Å². The van der Waals surface area contributed by atoms with Gasteiger partial charge in [0.1, 0.15) is 6.04 Å². The van der Waals surface area contributed by atoms with E-state index in [1.165, 1.54) is 0 Å². The minimum Gasteiger partial charge on any atom is -0.480 e. The van der Waals surface area contributed by atoms with Gasteiger partial charge in [-0.3, -0.25) is 9.59 Å². The molecule has 6 nitrogen and oxygen atoms in total. The molecule has 3 fully saturated rings. The van der Waals surface area contributed by atoms with E-state index < -0.39 is 12.0 Å². The van der Waals surface area contributed by atoms with Crippen molar-refractivity contribution in [3.05, 3.63) is 42.0 Å². The summed E-state index contributed by atoms with van der Waals surface area (Å²) in [6.07, 6.45) is 7.17. The van der Waals surface area contributed by atoms with Gasteiger partial charge in [0.2, 0.25) is 11.8 Å². The Kier molecular flexibility index (Phi) is 4.96. The maximum atomic E-state index is 12.5. The van der Waals surface area contributed by atoms with Crippen molar-refractivity contribution in [2.24, 2.45) is 11.3 Å². The van der Waals surface area contributed by atoms with Gasteiger partial charge >= 0.3 is 5.97 Å². The Balaban J connectivity index is 1.37. The average Bonchev–Trinajstić information content (AvgIpc) is 3.49. The zero-order chi connectivity index (χ0) is 19.7. The molecule has 1 aliphatic carbocycles. The summed E-state index contributed by atoms with van der Waals surface area (Å²) in [5.74, 6) is -0.886. The molecule has 2 aliphatic heterocycles. The largest absolute Gasteiger partial charge is 0.480 e. The van der Waals surface area contributed by atoms with Crippen molar-refractivity contribution in [1.82, 2.24) is 9.80 Å². The molecule has 2 saturated heterocycles. The number of carboxylic acids is 1. The second kappa shape index (κ2) is 7.41. The van der Waals surface area contributed by atoms with Gasteiger partial charge in [-0.15, -0.1) is 0 Å². The van der Waals surface area contributed by atoms with Crippen LogP contribution >= 0.6 is 0 Å². The Labute approximate surface area is 164 Å². The van der Waals surface area contributed by atoms with Gasteiger partial charge < -0.3 is 14.9 Å². The summed E-state index contributed by atoms with van der Waals surface area (Å²) in [6.45, 7) is 1.73. The van der Waals surface area contributed by atoms with Crippen molar-refractivity contribution in [3.8, 4) is 0 Å². The summed E-state index contributed by atoms with van der Waals surface area (Å²) in [4.78, 5) is 40.2. The number of benzene rings is 1. The van der Waals surface area contributed by atoms with E-state index in [9.17, 15) is 19.5 Å². The highest BCUT2D eigenvalue weighted by molar-refractivity contribution is 5.92. The van der Waals surface area contributed by atoms with Gasteiger partial charge in [-0.2, -0.15) is 0 Å². The number of hydrogen-bond donors (Lipinski definition) is 1. The summed E-state index contributed by atoms with van der Waals surface area (Å²) in [7, 11) is 0. The molecule has 2 amide bonds. The molecule has 1 unspecified atom stereocenters. The number of likely N-dealkylation sites (tertiary alicyclic amines) is 2. The van der Waals surface area contributed by atoms with E-state index in [-0.39, 0.29) is 23.1 Å². The van der Waals surface area contributed by atoms with Crippen LogP contribution in [-0.4, -0.2) is 58.4 Å². The number of aliphatic carboxylic acids is 1. The zero-order valence-corrected chi connectivity index (χ0v) is 15.9. The lowest BCUT2D eigenvalue weighted by Gasteiger charge is -2.38. The lowest BCUT2D eigenvalue weighted by molar-refractivity contribution is -0.148. The third kappa shape index (κ3) is 3.81. The molecular formula is C22H26N2O4. The molecule has 1 spiro atoms. The number of piperidine rings is 1.